The second kappa shape index (κ2) is 19.2. The van der Waals surface area contributed by atoms with E-state index in [0.717, 1.165) is 24.0 Å². The zero-order valence-electron chi connectivity index (χ0n) is 27.8. The highest BCUT2D eigenvalue weighted by atomic mass is 16.8. The van der Waals surface area contributed by atoms with Crippen molar-refractivity contribution in [2.24, 2.45) is 0 Å². The van der Waals surface area contributed by atoms with Crippen LogP contribution in [0.5, 0.6) is 0 Å². The van der Waals surface area contributed by atoms with Gasteiger partial charge in [-0.05, 0) is 65.9 Å². The maximum Gasteiger partial charge on any atom is 0.333 e. The molecular formula is C33H54O14. The summed E-state index contributed by atoms with van der Waals surface area (Å²) in [6.45, 7) is 9.75. The molecule has 270 valence electrons. The van der Waals surface area contributed by atoms with Crippen LogP contribution in [-0.2, 0) is 28.5 Å². The molecule has 12 unspecified atom stereocenters. The molecule has 0 bridgehead atoms. The third-order valence-corrected chi connectivity index (χ3v) is 8.43. The van der Waals surface area contributed by atoms with Crippen LogP contribution in [0.2, 0.25) is 0 Å². The molecule has 0 amide bonds. The Kier molecular flexibility index (Phi) is 16.8. The Labute approximate surface area is 276 Å². The van der Waals surface area contributed by atoms with Gasteiger partial charge in [0.15, 0.2) is 12.6 Å². The first-order chi connectivity index (χ1) is 22.1. The van der Waals surface area contributed by atoms with E-state index < -0.39 is 92.3 Å². The molecule has 47 heavy (non-hydrogen) atoms. The SMILES string of the molecule is C=CC(C)(CCC=C(C)CCC=C(C)CC(O)C=C(C)C(=O)OC)OC1OC(CO)C(O)C(O)C1OC1OC(CO)C(O)C(O)C1O. The molecule has 2 rings (SSSR count). The van der Waals surface area contributed by atoms with Gasteiger partial charge in [-0.1, -0.05) is 29.4 Å². The number of ether oxygens (including phenoxy) is 5. The number of allylic oxidation sites excluding steroid dienone is 3. The summed E-state index contributed by atoms with van der Waals surface area (Å²) in [5.41, 5.74) is 1.38. The number of aliphatic hydroxyl groups excluding tert-OH is 8. The summed E-state index contributed by atoms with van der Waals surface area (Å²) >= 11 is 0. The summed E-state index contributed by atoms with van der Waals surface area (Å²) in [7, 11) is 1.29. The van der Waals surface area contributed by atoms with Gasteiger partial charge < -0.3 is 64.5 Å². The predicted octanol–water partition coefficient (Wildman–Crippen LogP) is -0.105. The molecule has 2 heterocycles. The molecule has 8 N–H and O–H groups in total. The van der Waals surface area contributed by atoms with E-state index in [9.17, 15) is 45.6 Å². The molecule has 2 aliphatic heterocycles. The van der Waals surface area contributed by atoms with Gasteiger partial charge in [0, 0.05) is 5.57 Å². The quantitative estimate of drug-likeness (QED) is 0.0573. The first-order valence-electron chi connectivity index (χ1n) is 15.8. The van der Waals surface area contributed by atoms with Crippen LogP contribution in [0, 0.1) is 0 Å². The van der Waals surface area contributed by atoms with Gasteiger partial charge >= 0.3 is 5.97 Å². The van der Waals surface area contributed by atoms with Crippen LogP contribution in [0.3, 0.4) is 0 Å². The van der Waals surface area contributed by atoms with Gasteiger partial charge in [0.2, 0.25) is 0 Å². The molecule has 2 fully saturated rings. The fourth-order valence-corrected chi connectivity index (χ4v) is 5.35. The van der Waals surface area contributed by atoms with E-state index in [1.165, 1.54) is 13.2 Å². The number of hydrogen-bond acceptors (Lipinski definition) is 14. The first kappa shape index (κ1) is 41.1. The Morgan fingerprint density at radius 2 is 1.45 bits per heavy atom. The molecule has 14 nitrogen and oxygen atoms in total. The van der Waals surface area contributed by atoms with Crippen LogP contribution in [0.15, 0.2) is 47.6 Å². The van der Waals surface area contributed by atoms with Crippen molar-refractivity contribution in [3.05, 3.63) is 47.6 Å². The zero-order chi connectivity index (χ0) is 35.5. The Balaban J connectivity index is 2.04. The van der Waals surface area contributed by atoms with Crippen LogP contribution in [-0.4, -0.2) is 140 Å². The van der Waals surface area contributed by atoms with Crippen molar-refractivity contribution in [1.29, 1.82) is 0 Å². The number of rotatable bonds is 17. The normalized spacial score (nSPS) is 34.4. The van der Waals surface area contributed by atoms with Gasteiger partial charge in [-0.25, -0.2) is 4.79 Å². The largest absolute Gasteiger partial charge is 0.466 e. The number of aliphatic hydroxyl groups is 8. The molecular weight excluding hydrogens is 620 g/mol. The number of carbonyl (C=O) groups excluding carboxylic acids is 1. The summed E-state index contributed by atoms with van der Waals surface area (Å²) in [6.07, 6.45) is -6.28. The summed E-state index contributed by atoms with van der Waals surface area (Å²) < 4.78 is 27.8. The molecule has 2 aliphatic rings. The minimum Gasteiger partial charge on any atom is -0.466 e. The number of methoxy groups -OCH3 is 1. The molecule has 0 radical (unpaired) electrons. The number of hydrogen-bond donors (Lipinski definition) is 8. The number of carbonyl (C=O) groups is 1. The lowest BCUT2D eigenvalue weighted by Gasteiger charge is -2.47. The van der Waals surface area contributed by atoms with Crippen molar-refractivity contribution in [2.75, 3.05) is 20.3 Å². The molecule has 0 aromatic rings. The van der Waals surface area contributed by atoms with Crippen molar-refractivity contribution >= 4 is 5.97 Å². The van der Waals surface area contributed by atoms with E-state index in [0.29, 0.717) is 24.8 Å². The van der Waals surface area contributed by atoms with Gasteiger partial charge in [-0.2, -0.15) is 0 Å². The van der Waals surface area contributed by atoms with E-state index >= 15 is 0 Å². The Morgan fingerprint density at radius 3 is 2.02 bits per heavy atom. The van der Waals surface area contributed by atoms with E-state index in [4.69, 9.17) is 18.9 Å². The summed E-state index contributed by atoms with van der Waals surface area (Å²) in [5.74, 6) is -0.484. The Bertz CT molecular complexity index is 1090. The first-order valence-corrected chi connectivity index (χ1v) is 15.8. The average Bonchev–Trinajstić information content (AvgIpc) is 3.03. The van der Waals surface area contributed by atoms with Crippen LogP contribution >= 0.6 is 0 Å². The standard InChI is InChI=1S/C33H54O14/c1-7-33(5,13-9-12-18(2)10-8-11-19(3)14-21(36)15-20(4)30(42)43-6)47-32-29(27(40)25(38)23(17-35)45-32)46-31-28(41)26(39)24(37)22(16-34)44-31/h7,11-12,15,21-29,31-32,34-41H,1,8-10,13-14,16-17H2,2-6H3. The zero-order valence-corrected chi connectivity index (χ0v) is 27.8. The van der Waals surface area contributed by atoms with Crippen LogP contribution in [0.4, 0.5) is 0 Å². The fourth-order valence-electron chi connectivity index (χ4n) is 5.35. The second-order valence-electron chi connectivity index (χ2n) is 12.4. The molecule has 0 aliphatic carbocycles. The van der Waals surface area contributed by atoms with Crippen LogP contribution in [0.1, 0.15) is 59.8 Å². The third kappa shape index (κ3) is 11.8. The average molecular weight is 675 g/mol. The molecule has 0 aromatic carbocycles. The minimum atomic E-state index is -1.77. The van der Waals surface area contributed by atoms with Crippen molar-refractivity contribution in [3.8, 4) is 0 Å². The predicted molar refractivity (Wildman–Crippen MR) is 168 cm³/mol. The van der Waals surface area contributed by atoms with Crippen LogP contribution in [0.25, 0.3) is 0 Å². The fraction of sp³-hybridized carbons (Fsp3) is 0.727. The van der Waals surface area contributed by atoms with Gasteiger partial charge in [0.1, 0.15) is 48.8 Å². The molecule has 0 spiro atoms. The molecule has 14 heteroatoms. The highest BCUT2D eigenvalue weighted by Crippen LogP contribution is 2.33. The lowest BCUT2D eigenvalue weighted by atomic mass is 9.95. The maximum atomic E-state index is 11.5. The van der Waals surface area contributed by atoms with Crippen molar-refractivity contribution in [2.45, 2.75) is 133 Å². The van der Waals surface area contributed by atoms with Gasteiger partial charge in [-0.3, -0.25) is 0 Å². The van der Waals surface area contributed by atoms with Crippen molar-refractivity contribution in [1.82, 2.24) is 0 Å². The smallest absolute Gasteiger partial charge is 0.333 e. The van der Waals surface area contributed by atoms with E-state index in [-0.39, 0.29) is 0 Å². The van der Waals surface area contributed by atoms with Gasteiger partial charge in [0.05, 0.1) is 32.0 Å². The Hall–Kier alpha value is -2.05. The molecule has 0 aromatic heterocycles. The van der Waals surface area contributed by atoms with Gasteiger partial charge in [-0.15, -0.1) is 6.58 Å². The molecule has 0 saturated carbocycles. The maximum absolute atomic E-state index is 11.5. The minimum absolute atomic E-state index is 0.343. The van der Waals surface area contributed by atoms with E-state index in [1.807, 2.05) is 26.0 Å². The summed E-state index contributed by atoms with van der Waals surface area (Å²) in [5, 5.41) is 81.6. The monoisotopic (exact) mass is 674 g/mol. The molecule has 12 atom stereocenters. The van der Waals surface area contributed by atoms with E-state index in [2.05, 4.69) is 11.3 Å². The van der Waals surface area contributed by atoms with Gasteiger partial charge in [0.25, 0.3) is 0 Å². The lowest BCUT2D eigenvalue weighted by Crippen LogP contribution is -2.65. The highest BCUT2D eigenvalue weighted by Gasteiger charge is 2.51. The van der Waals surface area contributed by atoms with Crippen LogP contribution < -0.4 is 0 Å². The van der Waals surface area contributed by atoms with E-state index in [1.54, 1.807) is 19.9 Å². The highest BCUT2D eigenvalue weighted by molar-refractivity contribution is 5.87. The summed E-state index contributed by atoms with van der Waals surface area (Å²) in [4.78, 5) is 11.5. The Morgan fingerprint density at radius 1 is 0.872 bits per heavy atom. The number of esters is 1. The summed E-state index contributed by atoms with van der Waals surface area (Å²) in [6, 6.07) is 0. The third-order valence-electron chi connectivity index (χ3n) is 8.43. The topological polar surface area (TPSA) is 225 Å². The lowest BCUT2D eigenvalue weighted by molar-refractivity contribution is -0.375. The van der Waals surface area contributed by atoms with Crippen molar-refractivity contribution in [3.63, 3.8) is 0 Å². The van der Waals surface area contributed by atoms with Crippen molar-refractivity contribution < 1.29 is 69.3 Å². The molecule has 2 saturated heterocycles. The second-order valence-corrected chi connectivity index (χ2v) is 12.4.